The number of hydrogen-bond acceptors (Lipinski definition) is 2. The monoisotopic (exact) mass is 245 g/mol. The highest BCUT2D eigenvalue weighted by Gasteiger charge is 2.17. The smallest absolute Gasteiger partial charge is 0.450 e. The van der Waals surface area contributed by atoms with Crippen LogP contribution in [-0.2, 0) is 11.8 Å². The maximum Gasteiger partial charge on any atom is 0.506 e. The quantitative estimate of drug-likeness (QED) is 0.666. The van der Waals surface area contributed by atoms with Gasteiger partial charge in [0.15, 0.2) is 6.10 Å². The molecule has 0 bridgehead atoms. The highest BCUT2D eigenvalue weighted by molar-refractivity contribution is 5.82. The third-order valence-electron chi connectivity index (χ3n) is 2.97. The summed E-state index contributed by atoms with van der Waals surface area (Å²) >= 11 is 0. The fraction of sp³-hybridized carbons (Fsp3) is 0.214. The Balaban J connectivity index is 2.53. The lowest BCUT2D eigenvalue weighted by Crippen LogP contribution is -2.10. The molecule has 0 aliphatic carbocycles. The van der Waals surface area contributed by atoms with Gasteiger partial charge in [0.25, 0.3) is 0 Å². The molecule has 0 amide bonds. The standard InChI is InChI=1S/C14H15NO3/c1-4-13(18-14(16)17)12-8-10-7-9(2)5-6-11(10)15(12)3/h4-8,13H,1H2,2-3H3,(H,16,17). The van der Waals surface area contributed by atoms with Crippen LogP contribution in [0.5, 0.6) is 0 Å². The molecule has 94 valence electrons. The molecule has 0 aliphatic heterocycles. The molecule has 4 nitrogen and oxygen atoms in total. The molecule has 0 aliphatic rings. The number of carboxylic acid groups (broad SMARTS) is 1. The van der Waals surface area contributed by atoms with Crippen molar-refractivity contribution in [3.8, 4) is 0 Å². The highest BCUT2D eigenvalue weighted by atomic mass is 16.7. The molecule has 0 radical (unpaired) electrons. The van der Waals surface area contributed by atoms with Gasteiger partial charge in [-0.3, -0.25) is 0 Å². The van der Waals surface area contributed by atoms with Crippen molar-refractivity contribution in [3.63, 3.8) is 0 Å². The number of aryl methyl sites for hydroxylation is 2. The first-order valence-corrected chi connectivity index (χ1v) is 5.61. The van der Waals surface area contributed by atoms with Crippen LogP contribution >= 0.6 is 0 Å². The van der Waals surface area contributed by atoms with Gasteiger partial charge < -0.3 is 14.4 Å². The Labute approximate surface area is 105 Å². The third kappa shape index (κ3) is 2.09. The van der Waals surface area contributed by atoms with Gasteiger partial charge in [-0.2, -0.15) is 0 Å². The molecule has 1 aromatic heterocycles. The Bertz CT molecular complexity index is 613. The molecular weight excluding hydrogens is 230 g/mol. The Kier molecular flexibility index (Phi) is 3.10. The molecule has 2 aromatic rings. The van der Waals surface area contributed by atoms with E-state index in [0.29, 0.717) is 0 Å². The second-order valence-electron chi connectivity index (χ2n) is 4.23. The summed E-state index contributed by atoms with van der Waals surface area (Å²) in [6.45, 7) is 5.64. The molecule has 0 saturated carbocycles. The van der Waals surface area contributed by atoms with E-state index in [9.17, 15) is 4.79 Å². The molecule has 1 aromatic carbocycles. The van der Waals surface area contributed by atoms with Gasteiger partial charge in [0, 0.05) is 18.0 Å². The number of carbonyl (C=O) groups is 1. The molecule has 1 N–H and O–H groups in total. The summed E-state index contributed by atoms with van der Waals surface area (Å²) in [6, 6.07) is 8.01. The largest absolute Gasteiger partial charge is 0.506 e. The molecule has 1 heterocycles. The van der Waals surface area contributed by atoms with Gasteiger partial charge in [-0.15, -0.1) is 0 Å². The first-order chi connectivity index (χ1) is 8.52. The van der Waals surface area contributed by atoms with Crippen molar-refractivity contribution in [2.24, 2.45) is 7.05 Å². The first-order valence-electron chi connectivity index (χ1n) is 5.61. The Morgan fingerprint density at radius 1 is 1.50 bits per heavy atom. The summed E-state index contributed by atoms with van der Waals surface area (Å²) in [5.41, 5.74) is 2.97. The van der Waals surface area contributed by atoms with Gasteiger partial charge in [-0.25, -0.2) is 4.79 Å². The summed E-state index contributed by atoms with van der Waals surface area (Å²) in [5.74, 6) is 0. The molecule has 18 heavy (non-hydrogen) atoms. The van der Waals surface area contributed by atoms with Gasteiger partial charge in [-0.1, -0.05) is 18.2 Å². The normalized spacial score (nSPS) is 12.3. The van der Waals surface area contributed by atoms with Crippen molar-refractivity contribution in [1.82, 2.24) is 4.57 Å². The van der Waals surface area contributed by atoms with Crippen molar-refractivity contribution in [3.05, 3.63) is 48.2 Å². The van der Waals surface area contributed by atoms with Crippen molar-refractivity contribution in [1.29, 1.82) is 0 Å². The maximum absolute atomic E-state index is 10.6. The summed E-state index contributed by atoms with van der Waals surface area (Å²) in [6.07, 6.45) is -0.476. The van der Waals surface area contributed by atoms with Crippen LogP contribution in [0, 0.1) is 6.92 Å². The Morgan fingerprint density at radius 3 is 2.83 bits per heavy atom. The number of hydrogen-bond donors (Lipinski definition) is 1. The predicted molar refractivity (Wildman–Crippen MR) is 69.7 cm³/mol. The molecule has 1 unspecified atom stereocenters. The number of ether oxygens (including phenoxy) is 1. The second-order valence-corrected chi connectivity index (χ2v) is 4.23. The van der Waals surface area contributed by atoms with Gasteiger partial charge >= 0.3 is 6.16 Å². The van der Waals surface area contributed by atoms with E-state index in [1.807, 2.05) is 36.7 Å². The molecule has 1 atom stereocenters. The predicted octanol–water partition coefficient (Wildman–Crippen LogP) is 3.41. The van der Waals surface area contributed by atoms with Crippen molar-refractivity contribution >= 4 is 17.1 Å². The molecule has 0 saturated heterocycles. The van der Waals surface area contributed by atoms with Crippen molar-refractivity contribution in [2.75, 3.05) is 0 Å². The SMILES string of the molecule is C=CC(OC(=O)O)c1cc2cc(C)ccc2n1C. The minimum atomic E-state index is -1.30. The lowest BCUT2D eigenvalue weighted by Gasteiger charge is -2.12. The van der Waals surface area contributed by atoms with E-state index in [2.05, 4.69) is 12.6 Å². The average molecular weight is 245 g/mol. The van der Waals surface area contributed by atoms with Crippen molar-refractivity contribution < 1.29 is 14.6 Å². The first kappa shape index (κ1) is 12.2. The minimum absolute atomic E-state index is 0.653. The average Bonchev–Trinajstić information content (AvgIpc) is 2.63. The zero-order chi connectivity index (χ0) is 13.3. The van der Waals surface area contributed by atoms with Crippen LogP contribution in [0.3, 0.4) is 0 Å². The number of nitrogens with zero attached hydrogens (tertiary/aromatic N) is 1. The van der Waals surface area contributed by atoms with Gasteiger partial charge in [0.2, 0.25) is 0 Å². The van der Waals surface area contributed by atoms with Crippen LogP contribution in [0.1, 0.15) is 17.4 Å². The number of rotatable bonds is 3. The fourth-order valence-electron chi connectivity index (χ4n) is 2.10. The number of fused-ring (bicyclic) bond motifs is 1. The van der Waals surface area contributed by atoms with E-state index in [4.69, 9.17) is 9.84 Å². The second kappa shape index (κ2) is 4.56. The minimum Gasteiger partial charge on any atom is -0.450 e. The lowest BCUT2D eigenvalue weighted by atomic mass is 10.1. The maximum atomic E-state index is 10.6. The number of aromatic nitrogens is 1. The topological polar surface area (TPSA) is 51.5 Å². The van der Waals surface area contributed by atoms with E-state index in [-0.39, 0.29) is 0 Å². The van der Waals surface area contributed by atoms with Gasteiger partial charge in [-0.05, 0) is 31.2 Å². The zero-order valence-corrected chi connectivity index (χ0v) is 10.4. The van der Waals surface area contributed by atoms with E-state index in [0.717, 1.165) is 22.2 Å². The molecular formula is C14H15NO3. The molecule has 0 fully saturated rings. The third-order valence-corrected chi connectivity index (χ3v) is 2.97. The van der Waals surface area contributed by atoms with E-state index < -0.39 is 12.3 Å². The Hall–Kier alpha value is -2.23. The number of benzene rings is 1. The van der Waals surface area contributed by atoms with E-state index >= 15 is 0 Å². The summed E-state index contributed by atoms with van der Waals surface area (Å²) in [4.78, 5) is 10.6. The van der Waals surface area contributed by atoms with E-state index in [1.165, 1.54) is 6.08 Å². The van der Waals surface area contributed by atoms with Crippen LogP contribution in [0.4, 0.5) is 4.79 Å². The zero-order valence-electron chi connectivity index (χ0n) is 10.4. The highest BCUT2D eigenvalue weighted by Crippen LogP contribution is 2.26. The van der Waals surface area contributed by atoms with E-state index in [1.54, 1.807) is 0 Å². The van der Waals surface area contributed by atoms with Crippen LogP contribution in [0.2, 0.25) is 0 Å². The van der Waals surface area contributed by atoms with Gasteiger partial charge in [0.05, 0.1) is 5.69 Å². The van der Waals surface area contributed by atoms with Gasteiger partial charge in [0.1, 0.15) is 0 Å². The molecule has 0 spiro atoms. The summed E-state index contributed by atoms with van der Waals surface area (Å²) in [5, 5.41) is 9.77. The molecule has 2 rings (SSSR count). The molecule has 4 heteroatoms. The summed E-state index contributed by atoms with van der Waals surface area (Å²) < 4.78 is 6.72. The summed E-state index contributed by atoms with van der Waals surface area (Å²) in [7, 11) is 1.88. The Morgan fingerprint density at radius 2 is 2.22 bits per heavy atom. The van der Waals surface area contributed by atoms with Crippen molar-refractivity contribution in [2.45, 2.75) is 13.0 Å². The van der Waals surface area contributed by atoms with Crippen LogP contribution < -0.4 is 0 Å². The van der Waals surface area contributed by atoms with Crippen LogP contribution in [0.25, 0.3) is 10.9 Å². The van der Waals surface area contributed by atoms with Crippen LogP contribution in [-0.4, -0.2) is 15.8 Å². The van der Waals surface area contributed by atoms with Crippen LogP contribution in [0.15, 0.2) is 36.9 Å². The lowest BCUT2D eigenvalue weighted by molar-refractivity contribution is 0.0669. The fourth-order valence-corrected chi connectivity index (χ4v) is 2.10.